The van der Waals surface area contributed by atoms with Crippen molar-refractivity contribution in [3.8, 4) is 11.3 Å². The summed E-state index contributed by atoms with van der Waals surface area (Å²) in [5.41, 5.74) is 3.56. The fourth-order valence-corrected chi connectivity index (χ4v) is 4.35. The second kappa shape index (κ2) is 11.9. The second-order valence-electron chi connectivity index (χ2n) is 8.02. The summed E-state index contributed by atoms with van der Waals surface area (Å²) in [6.45, 7) is 2.03. The number of hydrogen-bond acceptors (Lipinski definition) is 6. The molecule has 0 saturated carbocycles. The van der Waals surface area contributed by atoms with Crippen LogP contribution in [0.3, 0.4) is 0 Å². The Morgan fingerprint density at radius 1 is 1.00 bits per heavy atom. The average molecular weight is 500 g/mol. The highest BCUT2D eigenvalue weighted by Crippen LogP contribution is 2.24. The number of benzene rings is 2. The summed E-state index contributed by atoms with van der Waals surface area (Å²) >= 11 is 1.26. The molecule has 1 N–H and O–H groups in total. The molecule has 7 nitrogen and oxygen atoms in total. The van der Waals surface area contributed by atoms with Crippen molar-refractivity contribution >= 4 is 35.1 Å². The molecule has 0 saturated heterocycles. The standard InChI is InChI=1S/C28H25N3O4S/c1-20(32)29-16-24-13-14-26(36-24)25(33)19-35-27(34)15-12-23-18-31(17-21-8-4-2-5-9-21)30-28(23)22-10-6-3-7-11-22/h2-15,18H,16-17,19H2,1H3,(H,29,32)/b15-12+. The largest absolute Gasteiger partial charge is 0.454 e. The Kier molecular flexibility index (Phi) is 8.20. The smallest absolute Gasteiger partial charge is 0.331 e. The van der Waals surface area contributed by atoms with Gasteiger partial charge in [0.2, 0.25) is 11.7 Å². The van der Waals surface area contributed by atoms with Crippen LogP contribution in [0.4, 0.5) is 0 Å². The fraction of sp³-hybridized carbons (Fsp3) is 0.143. The van der Waals surface area contributed by atoms with Gasteiger partial charge in [-0.15, -0.1) is 11.3 Å². The molecule has 0 aliphatic carbocycles. The molecule has 4 aromatic rings. The summed E-state index contributed by atoms with van der Waals surface area (Å²) in [5, 5.41) is 7.42. The highest BCUT2D eigenvalue weighted by Gasteiger charge is 2.13. The van der Waals surface area contributed by atoms with Crippen LogP contribution < -0.4 is 5.32 Å². The van der Waals surface area contributed by atoms with E-state index in [1.165, 1.54) is 24.3 Å². The van der Waals surface area contributed by atoms with Crippen molar-refractivity contribution in [3.63, 3.8) is 0 Å². The van der Waals surface area contributed by atoms with Gasteiger partial charge < -0.3 is 10.1 Å². The molecule has 0 fully saturated rings. The van der Waals surface area contributed by atoms with Gasteiger partial charge in [-0.1, -0.05) is 60.7 Å². The molecule has 0 atom stereocenters. The summed E-state index contributed by atoms with van der Waals surface area (Å²) in [6, 6.07) is 23.2. The first-order valence-electron chi connectivity index (χ1n) is 11.4. The van der Waals surface area contributed by atoms with Gasteiger partial charge in [-0.25, -0.2) is 4.79 Å². The highest BCUT2D eigenvalue weighted by molar-refractivity contribution is 7.14. The van der Waals surface area contributed by atoms with Crippen molar-refractivity contribution in [2.24, 2.45) is 0 Å². The maximum Gasteiger partial charge on any atom is 0.331 e. The van der Waals surface area contributed by atoms with Gasteiger partial charge in [-0.3, -0.25) is 14.3 Å². The third-order valence-corrected chi connectivity index (χ3v) is 6.34. The first-order chi connectivity index (χ1) is 17.5. The number of Topliss-reactive ketones (excluding diaryl/α,β-unsaturated/α-hetero) is 1. The zero-order valence-electron chi connectivity index (χ0n) is 19.7. The maximum absolute atomic E-state index is 12.4. The number of nitrogens with one attached hydrogen (secondary N) is 1. The number of carbonyl (C=O) groups is 3. The van der Waals surface area contributed by atoms with E-state index >= 15 is 0 Å². The lowest BCUT2D eigenvalue weighted by atomic mass is 10.1. The molecule has 36 heavy (non-hydrogen) atoms. The minimum atomic E-state index is -0.617. The molecule has 0 aliphatic heterocycles. The Labute approximate surface area is 213 Å². The monoisotopic (exact) mass is 499 g/mol. The number of nitrogens with zero attached hydrogens (tertiary/aromatic N) is 2. The number of rotatable bonds is 10. The van der Waals surface area contributed by atoms with Crippen LogP contribution in [0.15, 0.2) is 85.1 Å². The lowest BCUT2D eigenvalue weighted by Crippen LogP contribution is -2.18. The van der Waals surface area contributed by atoms with Gasteiger partial charge in [-0.05, 0) is 23.8 Å². The van der Waals surface area contributed by atoms with E-state index in [2.05, 4.69) is 5.32 Å². The van der Waals surface area contributed by atoms with Gasteiger partial charge in [0.25, 0.3) is 0 Å². The van der Waals surface area contributed by atoms with Crippen LogP contribution in [-0.4, -0.2) is 34.0 Å². The predicted molar refractivity (Wildman–Crippen MR) is 139 cm³/mol. The molecule has 0 unspecified atom stereocenters. The number of ketones is 1. The van der Waals surface area contributed by atoms with Crippen LogP contribution in [0.2, 0.25) is 0 Å². The number of carbonyl (C=O) groups excluding carboxylic acids is 3. The molecule has 0 bridgehead atoms. The molecule has 0 radical (unpaired) electrons. The number of hydrogen-bond donors (Lipinski definition) is 1. The maximum atomic E-state index is 12.4. The van der Waals surface area contributed by atoms with Gasteiger partial charge in [-0.2, -0.15) is 5.10 Å². The third kappa shape index (κ3) is 6.86. The van der Waals surface area contributed by atoms with Gasteiger partial charge in [0, 0.05) is 35.2 Å². The van der Waals surface area contributed by atoms with E-state index in [1.54, 1.807) is 18.2 Å². The van der Waals surface area contributed by atoms with E-state index < -0.39 is 5.97 Å². The van der Waals surface area contributed by atoms with E-state index in [-0.39, 0.29) is 18.3 Å². The molecule has 0 spiro atoms. The minimum Gasteiger partial charge on any atom is -0.454 e. The Bertz CT molecular complexity index is 1370. The van der Waals surface area contributed by atoms with E-state index in [9.17, 15) is 14.4 Å². The predicted octanol–water partition coefficient (Wildman–Crippen LogP) is 4.74. The van der Waals surface area contributed by atoms with Crippen molar-refractivity contribution in [2.75, 3.05) is 6.61 Å². The Morgan fingerprint density at radius 2 is 1.72 bits per heavy atom. The fourth-order valence-electron chi connectivity index (χ4n) is 3.48. The Hall–Kier alpha value is -4.30. The van der Waals surface area contributed by atoms with Crippen molar-refractivity contribution in [1.29, 1.82) is 0 Å². The van der Waals surface area contributed by atoms with Crippen LogP contribution in [0.25, 0.3) is 17.3 Å². The summed E-state index contributed by atoms with van der Waals surface area (Å²) in [4.78, 5) is 37.1. The first-order valence-corrected chi connectivity index (χ1v) is 12.2. The number of aromatic nitrogens is 2. The van der Waals surface area contributed by atoms with Crippen molar-refractivity contribution in [1.82, 2.24) is 15.1 Å². The Balaban J connectivity index is 1.41. The molecular formula is C28H25N3O4S. The van der Waals surface area contributed by atoms with E-state index in [4.69, 9.17) is 9.84 Å². The van der Waals surface area contributed by atoms with Crippen molar-refractivity contribution in [3.05, 3.63) is 106 Å². The van der Waals surface area contributed by atoms with Crippen LogP contribution in [0.5, 0.6) is 0 Å². The number of ether oxygens (including phenoxy) is 1. The van der Waals surface area contributed by atoms with E-state index in [0.29, 0.717) is 18.0 Å². The molecular weight excluding hydrogens is 474 g/mol. The lowest BCUT2D eigenvalue weighted by molar-refractivity contribution is -0.136. The molecule has 2 aromatic carbocycles. The van der Waals surface area contributed by atoms with Gasteiger partial charge in [0.05, 0.1) is 23.7 Å². The highest BCUT2D eigenvalue weighted by atomic mass is 32.1. The second-order valence-corrected chi connectivity index (χ2v) is 9.19. The summed E-state index contributed by atoms with van der Waals surface area (Å²) < 4.78 is 7.00. The molecule has 2 aromatic heterocycles. The quantitative estimate of drug-likeness (QED) is 0.193. The average Bonchev–Trinajstić information content (AvgIpc) is 3.53. The van der Waals surface area contributed by atoms with Crippen molar-refractivity contribution < 1.29 is 19.1 Å². The summed E-state index contributed by atoms with van der Waals surface area (Å²) in [6.07, 6.45) is 4.84. The van der Waals surface area contributed by atoms with Crippen LogP contribution in [0.1, 0.15) is 32.6 Å². The van der Waals surface area contributed by atoms with Crippen molar-refractivity contribution in [2.45, 2.75) is 20.0 Å². The molecule has 4 rings (SSSR count). The van der Waals surface area contributed by atoms with Gasteiger partial charge in [0.15, 0.2) is 6.61 Å². The molecule has 1 amide bonds. The number of amides is 1. The zero-order valence-corrected chi connectivity index (χ0v) is 20.5. The summed E-state index contributed by atoms with van der Waals surface area (Å²) in [5.74, 6) is -1.05. The first kappa shape index (κ1) is 24.8. The van der Waals surface area contributed by atoms with Crippen LogP contribution in [0, 0.1) is 0 Å². The van der Waals surface area contributed by atoms with Gasteiger partial charge in [0.1, 0.15) is 0 Å². The molecule has 0 aliphatic rings. The van der Waals surface area contributed by atoms with Crippen LogP contribution >= 0.6 is 11.3 Å². The normalized spacial score (nSPS) is 10.9. The molecule has 182 valence electrons. The zero-order chi connectivity index (χ0) is 25.3. The number of thiophene rings is 1. The van der Waals surface area contributed by atoms with Gasteiger partial charge >= 0.3 is 5.97 Å². The van der Waals surface area contributed by atoms with Crippen LogP contribution in [-0.2, 0) is 27.4 Å². The molecule has 8 heteroatoms. The van der Waals surface area contributed by atoms with E-state index in [0.717, 1.165) is 27.3 Å². The molecule has 2 heterocycles. The summed E-state index contributed by atoms with van der Waals surface area (Å²) in [7, 11) is 0. The topological polar surface area (TPSA) is 90.3 Å². The van der Waals surface area contributed by atoms with E-state index in [1.807, 2.05) is 71.5 Å². The number of esters is 1. The lowest BCUT2D eigenvalue weighted by Gasteiger charge is -2.01. The SMILES string of the molecule is CC(=O)NCc1ccc(C(=O)COC(=O)/C=C/c2cn(Cc3ccccc3)nc2-c2ccccc2)s1. The Morgan fingerprint density at radius 3 is 2.44 bits per heavy atom. The minimum absolute atomic E-state index is 0.141. The third-order valence-electron chi connectivity index (χ3n) is 5.22.